The number of nitrogens with zero attached hydrogens (tertiary/aromatic N) is 2. The van der Waals surface area contributed by atoms with E-state index in [-0.39, 0.29) is 0 Å². The topological polar surface area (TPSA) is 97.3 Å². The Hall–Kier alpha value is -1.09. The minimum absolute atomic E-state index is 0.326. The van der Waals surface area contributed by atoms with E-state index < -0.39 is 37.3 Å². The molecule has 4 N–H and O–H groups in total. The van der Waals surface area contributed by atoms with E-state index in [0.29, 0.717) is 6.04 Å². The maximum atomic E-state index is 10.2. The molecule has 1 aromatic heterocycles. The molecule has 0 bridgehead atoms. The number of rotatable bonds is 3. The van der Waals surface area contributed by atoms with Crippen molar-refractivity contribution in [3.8, 4) is 0 Å². The highest BCUT2D eigenvalue weighted by Gasteiger charge is 2.48. The van der Waals surface area contributed by atoms with E-state index in [1.54, 1.807) is 10.8 Å². The lowest BCUT2D eigenvalue weighted by atomic mass is 9.98. The van der Waals surface area contributed by atoms with Gasteiger partial charge in [-0.2, -0.15) is 4.57 Å². The van der Waals surface area contributed by atoms with E-state index in [1.807, 2.05) is 18.3 Å². The molecular formula is C16H25N2O5+. The molecule has 2 saturated heterocycles. The maximum Gasteiger partial charge on any atom is 0.292 e. The van der Waals surface area contributed by atoms with E-state index >= 15 is 0 Å². The highest BCUT2D eigenvalue weighted by Crippen LogP contribution is 2.30. The molecule has 0 unspecified atom stereocenters. The molecule has 7 heteroatoms. The molecular weight excluding hydrogens is 300 g/mol. The average molecular weight is 325 g/mol. The van der Waals surface area contributed by atoms with Crippen LogP contribution < -0.4 is 4.57 Å². The first-order chi connectivity index (χ1) is 11.0. The number of likely N-dealkylation sites (tertiary alicyclic amines) is 1. The zero-order valence-corrected chi connectivity index (χ0v) is 13.2. The average Bonchev–Trinajstić information content (AvgIpc) is 2.99. The molecule has 0 aliphatic carbocycles. The number of hydrogen-bond acceptors (Lipinski definition) is 6. The van der Waals surface area contributed by atoms with Gasteiger partial charge in [0.2, 0.25) is 0 Å². The summed E-state index contributed by atoms with van der Waals surface area (Å²) in [7, 11) is 2.09. The van der Waals surface area contributed by atoms with Crippen LogP contribution in [-0.2, 0) is 4.74 Å². The summed E-state index contributed by atoms with van der Waals surface area (Å²) in [6.45, 7) is 0.632. The van der Waals surface area contributed by atoms with Gasteiger partial charge >= 0.3 is 0 Å². The first-order valence-corrected chi connectivity index (χ1v) is 8.04. The predicted molar refractivity (Wildman–Crippen MR) is 80.3 cm³/mol. The minimum atomic E-state index is -1.36. The molecule has 3 heterocycles. The summed E-state index contributed by atoms with van der Waals surface area (Å²) in [5, 5.41) is 39.3. The van der Waals surface area contributed by atoms with Crippen molar-refractivity contribution in [3.05, 3.63) is 30.1 Å². The number of ether oxygens (including phenoxy) is 1. The molecule has 7 nitrogen and oxygen atoms in total. The molecule has 1 aromatic rings. The SMILES string of the molecule is CN1CCC[C@H]1c1ccc[n+]([C@@H]2O[C@@H](CO)[C@@H](O)[C@H](O)[C@H]2O)c1. The molecule has 6 atom stereocenters. The maximum absolute atomic E-state index is 10.2. The van der Waals surface area contributed by atoms with Crippen molar-refractivity contribution in [2.45, 2.75) is 49.5 Å². The highest BCUT2D eigenvalue weighted by molar-refractivity contribution is 5.13. The van der Waals surface area contributed by atoms with Crippen molar-refractivity contribution in [1.29, 1.82) is 0 Å². The van der Waals surface area contributed by atoms with Gasteiger partial charge in [0.1, 0.15) is 18.3 Å². The normalized spacial score (nSPS) is 38.8. The number of aliphatic hydroxyl groups excluding tert-OH is 4. The van der Waals surface area contributed by atoms with Crippen LogP contribution in [0.15, 0.2) is 24.5 Å². The lowest BCUT2D eigenvalue weighted by molar-refractivity contribution is -0.778. The van der Waals surface area contributed by atoms with Crippen molar-refractivity contribution in [1.82, 2.24) is 4.90 Å². The molecule has 3 rings (SSSR count). The van der Waals surface area contributed by atoms with Crippen LogP contribution in [0.5, 0.6) is 0 Å². The second-order valence-corrected chi connectivity index (χ2v) is 6.44. The van der Waals surface area contributed by atoms with Crippen molar-refractivity contribution < 1.29 is 29.7 Å². The largest absolute Gasteiger partial charge is 0.394 e. The molecule has 0 spiro atoms. The first kappa shape index (κ1) is 16.8. The fourth-order valence-corrected chi connectivity index (χ4v) is 3.53. The molecule has 0 aromatic carbocycles. The van der Waals surface area contributed by atoms with Gasteiger partial charge in [-0.05, 0) is 32.5 Å². The second-order valence-electron chi connectivity index (χ2n) is 6.44. The van der Waals surface area contributed by atoms with Gasteiger partial charge < -0.3 is 25.2 Å². The van der Waals surface area contributed by atoms with Gasteiger partial charge in [-0.25, -0.2) is 0 Å². The Balaban J connectivity index is 1.85. The molecule has 128 valence electrons. The zero-order valence-electron chi connectivity index (χ0n) is 13.2. The Morgan fingerprint density at radius 1 is 1.26 bits per heavy atom. The predicted octanol–water partition coefficient (Wildman–Crippen LogP) is -1.29. The van der Waals surface area contributed by atoms with Crippen LogP contribution in [0.2, 0.25) is 0 Å². The van der Waals surface area contributed by atoms with Gasteiger partial charge in [-0.3, -0.25) is 4.90 Å². The van der Waals surface area contributed by atoms with Crippen molar-refractivity contribution in [3.63, 3.8) is 0 Å². The minimum Gasteiger partial charge on any atom is -0.394 e. The van der Waals surface area contributed by atoms with Crippen LogP contribution in [0.3, 0.4) is 0 Å². The lowest BCUT2D eigenvalue weighted by Gasteiger charge is -2.36. The molecule has 2 fully saturated rings. The van der Waals surface area contributed by atoms with Gasteiger partial charge in [0.05, 0.1) is 6.61 Å². The number of pyridine rings is 1. The van der Waals surface area contributed by atoms with Crippen LogP contribution >= 0.6 is 0 Å². The Kier molecular flexibility index (Phi) is 4.96. The summed E-state index contributed by atoms with van der Waals surface area (Å²) >= 11 is 0. The van der Waals surface area contributed by atoms with Crippen molar-refractivity contribution in [2.75, 3.05) is 20.2 Å². The molecule has 2 aliphatic heterocycles. The summed E-state index contributed by atoms with van der Waals surface area (Å²) in [4.78, 5) is 2.28. The number of aliphatic hydroxyl groups is 4. The molecule has 0 radical (unpaired) electrons. The highest BCUT2D eigenvalue weighted by atomic mass is 16.6. The molecule has 0 saturated carbocycles. The van der Waals surface area contributed by atoms with Crippen molar-refractivity contribution >= 4 is 0 Å². The Morgan fingerprint density at radius 3 is 2.70 bits per heavy atom. The van der Waals surface area contributed by atoms with Crippen LogP contribution in [0.25, 0.3) is 0 Å². The summed E-state index contributed by atoms with van der Waals surface area (Å²) in [5.74, 6) is 0. The third kappa shape index (κ3) is 3.13. The monoisotopic (exact) mass is 325 g/mol. The van der Waals surface area contributed by atoms with E-state index in [1.165, 1.54) is 0 Å². The van der Waals surface area contributed by atoms with Gasteiger partial charge in [0.15, 0.2) is 18.5 Å². The Morgan fingerprint density at radius 2 is 2.04 bits per heavy atom. The van der Waals surface area contributed by atoms with Gasteiger partial charge in [0.25, 0.3) is 6.23 Å². The fourth-order valence-electron chi connectivity index (χ4n) is 3.53. The molecule has 0 amide bonds. The van der Waals surface area contributed by atoms with Crippen LogP contribution in [0, 0.1) is 0 Å². The fraction of sp³-hybridized carbons (Fsp3) is 0.688. The Bertz CT molecular complexity index is 541. The third-order valence-corrected chi connectivity index (χ3v) is 4.91. The first-order valence-electron chi connectivity index (χ1n) is 8.04. The number of aromatic nitrogens is 1. The third-order valence-electron chi connectivity index (χ3n) is 4.91. The molecule has 23 heavy (non-hydrogen) atoms. The Labute approximate surface area is 135 Å². The summed E-state index contributed by atoms with van der Waals surface area (Å²) < 4.78 is 7.30. The molecule has 2 aliphatic rings. The summed E-state index contributed by atoms with van der Waals surface area (Å²) in [6.07, 6.45) is 0.165. The second kappa shape index (κ2) is 6.80. The van der Waals surface area contributed by atoms with Gasteiger partial charge in [0, 0.05) is 17.7 Å². The zero-order chi connectivity index (χ0) is 16.6. The van der Waals surface area contributed by atoms with E-state index in [0.717, 1.165) is 24.9 Å². The van der Waals surface area contributed by atoms with E-state index in [9.17, 15) is 20.4 Å². The van der Waals surface area contributed by atoms with E-state index in [4.69, 9.17) is 4.74 Å². The van der Waals surface area contributed by atoms with Crippen LogP contribution in [0.1, 0.15) is 30.7 Å². The van der Waals surface area contributed by atoms with Gasteiger partial charge in [-0.15, -0.1) is 0 Å². The quantitative estimate of drug-likeness (QED) is 0.517. The number of hydrogen-bond donors (Lipinski definition) is 4. The van der Waals surface area contributed by atoms with E-state index in [2.05, 4.69) is 11.9 Å². The van der Waals surface area contributed by atoms with Gasteiger partial charge in [-0.1, -0.05) is 0 Å². The summed E-state index contributed by atoms with van der Waals surface area (Å²) in [5.41, 5.74) is 1.12. The van der Waals surface area contributed by atoms with Crippen LogP contribution in [0.4, 0.5) is 0 Å². The standard InChI is InChI=1S/C16H25N2O5/c1-17-6-3-5-11(17)10-4-2-7-18(8-10)16-15(22)14(21)13(20)12(9-19)23-16/h2,4,7-8,11-16,19-22H,3,5-6,9H2,1H3/q+1/t11-,12-,13+,14-,15+,16+/m0/s1. The summed E-state index contributed by atoms with van der Waals surface area (Å²) in [6, 6.07) is 4.24. The smallest absolute Gasteiger partial charge is 0.292 e. The lowest BCUT2D eigenvalue weighted by Crippen LogP contribution is -2.62. The van der Waals surface area contributed by atoms with Crippen molar-refractivity contribution in [2.24, 2.45) is 0 Å². The van der Waals surface area contributed by atoms with Crippen LogP contribution in [-0.4, -0.2) is 69.9 Å².